The third-order valence-corrected chi connectivity index (χ3v) is 3.39. The van der Waals surface area contributed by atoms with E-state index < -0.39 is 23.8 Å². The lowest BCUT2D eigenvalue weighted by molar-refractivity contribution is -0.130. The Morgan fingerprint density at radius 1 is 1.22 bits per heavy atom. The topological polar surface area (TPSA) is 104 Å². The molecule has 4 amide bonds. The second kappa shape index (κ2) is 6.87. The van der Waals surface area contributed by atoms with Crippen molar-refractivity contribution in [3.05, 3.63) is 41.0 Å². The van der Waals surface area contributed by atoms with E-state index in [2.05, 4.69) is 5.32 Å². The molecular formula is C16H16N2O5. The molecule has 2 N–H and O–H groups in total. The summed E-state index contributed by atoms with van der Waals surface area (Å²) < 4.78 is 0. The van der Waals surface area contributed by atoms with Gasteiger partial charge in [-0.05, 0) is 30.2 Å². The summed E-state index contributed by atoms with van der Waals surface area (Å²) in [6.07, 6.45) is 2.79. The summed E-state index contributed by atoms with van der Waals surface area (Å²) in [5, 5.41) is 11.0. The Balaban J connectivity index is 2.28. The van der Waals surface area contributed by atoms with Gasteiger partial charge in [-0.15, -0.1) is 0 Å². The SMILES string of the molecule is CCCCN1C(=O)NC(=O)/C(=C\c2ccc(C(=O)O)cc2)C1=O. The van der Waals surface area contributed by atoms with E-state index in [1.54, 1.807) is 0 Å². The summed E-state index contributed by atoms with van der Waals surface area (Å²) >= 11 is 0. The number of amides is 4. The van der Waals surface area contributed by atoms with Crippen LogP contribution in [0.15, 0.2) is 29.8 Å². The van der Waals surface area contributed by atoms with Gasteiger partial charge in [0.05, 0.1) is 5.56 Å². The number of carbonyl (C=O) groups excluding carboxylic acids is 3. The van der Waals surface area contributed by atoms with Crippen LogP contribution < -0.4 is 5.32 Å². The molecule has 0 unspecified atom stereocenters. The molecule has 2 rings (SSSR count). The highest BCUT2D eigenvalue weighted by molar-refractivity contribution is 6.31. The molecular weight excluding hydrogens is 300 g/mol. The first kappa shape index (κ1) is 16.4. The Bertz CT molecular complexity index is 691. The van der Waals surface area contributed by atoms with E-state index in [9.17, 15) is 19.2 Å². The molecule has 1 fully saturated rings. The normalized spacial score (nSPS) is 16.7. The number of nitrogens with one attached hydrogen (secondary N) is 1. The zero-order valence-electron chi connectivity index (χ0n) is 12.5. The number of nitrogens with zero attached hydrogens (tertiary/aromatic N) is 1. The van der Waals surface area contributed by atoms with Crippen molar-refractivity contribution in [2.24, 2.45) is 0 Å². The molecule has 1 heterocycles. The molecule has 0 atom stereocenters. The maximum atomic E-state index is 12.3. The number of carboxylic acid groups (broad SMARTS) is 1. The smallest absolute Gasteiger partial charge is 0.335 e. The molecule has 0 spiro atoms. The first-order valence-electron chi connectivity index (χ1n) is 7.16. The largest absolute Gasteiger partial charge is 0.478 e. The summed E-state index contributed by atoms with van der Waals surface area (Å²) in [4.78, 5) is 47.7. The predicted molar refractivity (Wildman–Crippen MR) is 81.5 cm³/mol. The van der Waals surface area contributed by atoms with Crippen LogP contribution in [0.4, 0.5) is 4.79 Å². The molecule has 1 aliphatic rings. The first-order chi connectivity index (χ1) is 10.9. The minimum Gasteiger partial charge on any atom is -0.478 e. The monoisotopic (exact) mass is 316 g/mol. The predicted octanol–water partition coefficient (Wildman–Crippen LogP) is 1.65. The fourth-order valence-electron chi connectivity index (χ4n) is 2.10. The van der Waals surface area contributed by atoms with Crippen molar-refractivity contribution < 1.29 is 24.3 Å². The van der Waals surface area contributed by atoms with Gasteiger partial charge in [0.25, 0.3) is 11.8 Å². The maximum Gasteiger partial charge on any atom is 0.335 e. The number of urea groups is 1. The Hall–Kier alpha value is -2.96. The van der Waals surface area contributed by atoms with E-state index in [1.165, 1.54) is 30.3 Å². The Labute approximate surface area is 132 Å². The second-order valence-corrected chi connectivity index (χ2v) is 5.05. The number of rotatable bonds is 5. The van der Waals surface area contributed by atoms with Gasteiger partial charge in [-0.3, -0.25) is 19.8 Å². The van der Waals surface area contributed by atoms with Crippen LogP contribution in [-0.4, -0.2) is 40.4 Å². The van der Waals surface area contributed by atoms with Gasteiger partial charge in [0.2, 0.25) is 0 Å². The van der Waals surface area contributed by atoms with Crippen molar-refractivity contribution in [3.8, 4) is 0 Å². The van der Waals surface area contributed by atoms with E-state index in [0.29, 0.717) is 12.0 Å². The number of carbonyl (C=O) groups is 4. The van der Waals surface area contributed by atoms with E-state index >= 15 is 0 Å². The van der Waals surface area contributed by atoms with Crippen LogP contribution in [0.2, 0.25) is 0 Å². The van der Waals surface area contributed by atoms with Crippen LogP contribution in [0.3, 0.4) is 0 Å². The molecule has 0 saturated carbocycles. The van der Waals surface area contributed by atoms with Crippen molar-refractivity contribution in [3.63, 3.8) is 0 Å². The lowest BCUT2D eigenvalue weighted by Gasteiger charge is -2.26. The number of hydrogen-bond acceptors (Lipinski definition) is 4. The highest BCUT2D eigenvalue weighted by Crippen LogP contribution is 2.15. The molecule has 120 valence electrons. The molecule has 7 heteroatoms. The van der Waals surface area contributed by atoms with Crippen LogP contribution in [-0.2, 0) is 9.59 Å². The molecule has 0 aromatic heterocycles. The van der Waals surface area contributed by atoms with Crippen LogP contribution in [0.25, 0.3) is 6.08 Å². The number of hydrogen-bond donors (Lipinski definition) is 2. The quantitative estimate of drug-likeness (QED) is 0.635. The van der Waals surface area contributed by atoms with Crippen LogP contribution in [0.1, 0.15) is 35.7 Å². The third kappa shape index (κ3) is 3.63. The first-order valence-corrected chi connectivity index (χ1v) is 7.16. The van der Waals surface area contributed by atoms with Gasteiger partial charge in [-0.1, -0.05) is 25.5 Å². The fourth-order valence-corrected chi connectivity index (χ4v) is 2.10. The summed E-state index contributed by atoms with van der Waals surface area (Å²) in [6.45, 7) is 2.17. The lowest BCUT2D eigenvalue weighted by Crippen LogP contribution is -2.54. The Kier molecular flexibility index (Phi) is 4.90. The minimum absolute atomic E-state index is 0.103. The molecule has 0 bridgehead atoms. The molecule has 23 heavy (non-hydrogen) atoms. The van der Waals surface area contributed by atoms with Crippen LogP contribution >= 0.6 is 0 Å². The van der Waals surface area contributed by atoms with E-state index in [0.717, 1.165) is 11.3 Å². The number of carboxylic acids is 1. The molecule has 0 radical (unpaired) electrons. The van der Waals surface area contributed by atoms with Gasteiger partial charge in [0.1, 0.15) is 5.57 Å². The van der Waals surface area contributed by atoms with E-state index in [1.807, 2.05) is 6.92 Å². The zero-order chi connectivity index (χ0) is 17.0. The summed E-state index contributed by atoms with van der Waals surface area (Å²) in [7, 11) is 0. The van der Waals surface area contributed by atoms with Crippen molar-refractivity contribution in [2.75, 3.05) is 6.54 Å². The zero-order valence-corrected chi connectivity index (χ0v) is 12.5. The van der Waals surface area contributed by atoms with Crippen molar-refractivity contribution >= 4 is 29.9 Å². The summed E-state index contributed by atoms with van der Waals surface area (Å²) in [5.41, 5.74) is 0.452. The Morgan fingerprint density at radius 2 is 1.87 bits per heavy atom. The number of aromatic carboxylic acids is 1. The summed E-state index contributed by atoms with van der Waals surface area (Å²) in [5.74, 6) is -2.46. The van der Waals surface area contributed by atoms with Crippen molar-refractivity contribution in [1.82, 2.24) is 10.2 Å². The highest BCUT2D eigenvalue weighted by Gasteiger charge is 2.35. The average Bonchev–Trinajstić information content (AvgIpc) is 2.51. The fraction of sp³-hybridized carbons (Fsp3) is 0.250. The van der Waals surface area contributed by atoms with Crippen molar-refractivity contribution in [1.29, 1.82) is 0 Å². The van der Waals surface area contributed by atoms with Gasteiger partial charge < -0.3 is 5.11 Å². The van der Waals surface area contributed by atoms with E-state index in [4.69, 9.17) is 5.11 Å². The second-order valence-electron chi connectivity index (χ2n) is 5.05. The van der Waals surface area contributed by atoms with Crippen molar-refractivity contribution in [2.45, 2.75) is 19.8 Å². The van der Waals surface area contributed by atoms with E-state index in [-0.39, 0.29) is 17.7 Å². The van der Waals surface area contributed by atoms with Gasteiger partial charge in [0.15, 0.2) is 0 Å². The standard InChI is InChI=1S/C16H16N2O5/c1-2-3-8-18-14(20)12(13(19)17-16(18)23)9-10-4-6-11(7-5-10)15(21)22/h4-7,9H,2-3,8H2,1H3,(H,21,22)(H,17,19,23)/b12-9+. The minimum atomic E-state index is -1.06. The molecule has 1 aliphatic heterocycles. The van der Waals surface area contributed by atoms with Crippen LogP contribution in [0, 0.1) is 0 Å². The number of imide groups is 2. The van der Waals surface area contributed by atoms with Gasteiger partial charge >= 0.3 is 12.0 Å². The van der Waals surface area contributed by atoms with Gasteiger partial charge in [-0.2, -0.15) is 0 Å². The van der Waals surface area contributed by atoms with Gasteiger partial charge in [-0.25, -0.2) is 9.59 Å². The third-order valence-electron chi connectivity index (χ3n) is 3.39. The number of unbranched alkanes of at least 4 members (excludes halogenated alkanes) is 1. The highest BCUT2D eigenvalue weighted by atomic mass is 16.4. The lowest BCUT2D eigenvalue weighted by atomic mass is 10.1. The molecule has 7 nitrogen and oxygen atoms in total. The molecule has 1 saturated heterocycles. The maximum absolute atomic E-state index is 12.3. The van der Waals surface area contributed by atoms with Gasteiger partial charge in [0, 0.05) is 6.54 Å². The Morgan fingerprint density at radius 3 is 2.43 bits per heavy atom. The average molecular weight is 316 g/mol. The number of barbiturate groups is 1. The number of benzene rings is 1. The molecule has 1 aromatic carbocycles. The molecule has 0 aliphatic carbocycles. The molecule has 1 aromatic rings. The van der Waals surface area contributed by atoms with Crippen LogP contribution in [0.5, 0.6) is 0 Å². The summed E-state index contributed by atoms with van der Waals surface area (Å²) in [6, 6.07) is 5.01.